The van der Waals surface area contributed by atoms with Crippen molar-refractivity contribution in [2.45, 2.75) is 25.8 Å². The first-order valence-corrected chi connectivity index (χ1v) is 10.5. The van der Waals surface area contributed by atoms with Gasteiger partial charge in [-0.15, -0.1) is 0 Å². The smallest absolute Gasteiger partial charge is 0.214 e. The summed E-state index contributed by atoms with van der Waals surface area (Å²) in [5.41, 5.74) is 3.00. The number of nitrogens with zero attached hydrogens (tertiary/aromatic N) is 3. The molecule has 1 fully saturated rings. The number of nitriles is 1. The monoisotopic (exact) mass is 389 g/mol. The van der Waals surface area contributed by atoms with E-state index < -0.39 is 10.0 Å². The van der Waals surface area contributed by atoms with Gasteiger partial charge in [0.2, 0.25) is 10.0 Å². The Labute approximate surface area is 159 Å². The Hall–Kier alpha value is -1.94. The molecule has 0 aliphatic heterocycles. The molecule has 1 unspecified atom stereocenters. The third-order valence-corrected chi connectivity index (χ3v) is 6.93. The molecule has 0 radical (unpaired) electrons. The van der Waals surface area contributed by atoms with Crippen molar-refractivity contribution in [3.63, 3.8) is 0 Å². The first-order valence-electron chi connectivity index (χ1n) is 8.48. The van der Waals surface area contributed by atoms with Crippen LogP contribution in [0.1, 0.15) is 36.9 Å². The molecule has 1 heterocycles. The highest BCUT2D eigenvalue weighted by Crippen LogP contribution is 2.45. The van der Waals surface area contributed by atoms with Crippen LogP contribution in [0.25, 0.3) is 11.1 Å². The van der Waals surface area contributed by atoms with Crippen molar-refractivity contribution in [2.75, 3.05) is 12.8 Å². The van der Waals surface area contributed by atoms with Crippen LogP contribution in [-0.2, 0) is 10.0 Å². The lowest BCUT2D eigenvalue weighted by atomic mass is 9.99. The van der Waals surface area contributed by atoms with E-state index in [1.165, 1.54) is 4.31 Å². The van der Waals surface area contributed by atoms with E-state index in [4.69, 9.17) is 16.9 Å². The van der Waals surface area contributed by atoms with Crippen LogP contribution < -0.4 is 0 Å². The van der Waals surface area contributed by atoms with Crippen LogP contribution in [0.3, 0.4) is 0 Å². The van der Waals surface area contributed by atoms with Gasteiger partial charge in [-0.2, -0.15) is 9.57 Å². The molecule has 1 aromatic carbocycles. The van der Waals surface area contributed by atoms with Gasteiger partial charge in [-0.1, -0.05) is 17.7 Å². The quantitative estimate of drug-likeness (QED) is 0.748. The molecular formula is C19H20ClN3O2S. The predicted octanol–water partition coefficient (Wildman–Crippen LogP) is 4.01. The van der Waals surface area contributed by atoms with E-state index in [1.54, 1.807) is 38.5 Å². The Morgan fingerprint density at radius 2 is 2.04 bits per heavy atom. The summed E-state index contributed by atoms with van der Waals surface area (Å²) in [5.74, 6) is 0.397. The number of hydrogen-bond acceptors (Lipinski definition) is 4. The molecule has 2 aromatic rings. The molecule has 0 spiro atoms. The summed E-state index contributed by atoms with van der Waals surface area (Å²) in [5, 5.41) is 9.41. The largest absolute Gasteiger partial charge is 0.264 e. The van der Waals surface area contributed by atoms with E-state index >= 15 is 0 Å². The van der Waals surface area contributed by atoms with Gasteiger partial charge >= 0.3 is 0 Å². The molecule has 1 saturated carbocycles. The highest BCUT2D eigenvalue weighted by Gasteiger charge is 2.39. The van der Waals surface area contributed by atoms with Crippen LogP contribution >= 0.6 is 11.6 Å². The summed E-state index contributed by atoms with van der Waals surface area (Å²) in [7, 11) is -1.65. The Kier molecular flexibility index (Phi) is 5.33. The highest BCUT2D eigenvalue weighted by molar-refractivity contribution is 7.89. The Morgan fingerprint density at radius 1 is 1.31 bits per heavy atom. The SMILES string of the molecule is CCS(=O)(=O)N(C)C(c1cncc(-c2ccc(C#N)c(Cl)c2)c1)C1CC1. The minimum absolute atomic E-state index is 0.0745. The molecule has 3 rings (SSSR count). The van der Waals surface area contributed by atoms with Gasteiger partial charge in [0.25, 0.3) is 0 Å². The second-order valence-electron chi connectivity index (χ2n) is 6.51. The average Bonchev–Trinajstić information content (AvgIpc) is 3.47. The Morgan fingerprint density at radius 3 is 2.62 bits per heavy atom. The van der Waals surface area contributed by atoms with Crippen LogP contribution in [-0.4, -0.2) is 30.5 Å². The molecule has 1 aliphatic rings. The van der Waals surface area contributed by atoms with E-state index in [0.29, 0.717) is 16.5 Å². The Bertz CT molecular complexity index is 965. The molecule has 0 saturated heterocycles. The molecule has 26 heavy (non-hydrogen) atoms. The van der Waals surface area contributed by atoms with Crippen molar-refractivity contribution in [2.24, 2.45) is 5.92 Å². The molecule has 0 amide bonds. The number of sulfonamides is 1. The van der Waals surface area contributed by atoms with Crippen molar-refractivity contribution in [1.29, 1.82) is 5.26 Å². The summed E-state index contributed by atoms with van der Waals surface area (Å²) in [6.07, 6.45) is 5.49. The molecule has 0 bridgehead atoms. The summed E-state index contributed by atoms with van der Waals surface area (Å²) >= 11 is 6.14. The maximum Gasteiger partial charge on any atom is 0.214 e. The zero-order valence-electron chi connectivity index (χ0n) is 14.7. The zero-order chi connectivity index (χ0) is 18.9. The first kappa shape index (κ1) is 18.8. The lowest BCUT2D eigenvalue weighted by molar-refractivity contribution is 0.342. The van der Waals surface area contributed by atoms with Gasteiger partial charge in [-0.05, 0) is 55.0 Å². The van der Waals surface area contributed by atoms with Crippen LogP contribution in [0.2, 0.25) is 5.02 Å². The van der Waals surface area contributed by atoms with Crippen molar-refractivity contribution in [3.8, 4) is 17.2 Å². The van der Waals surface area contributed by atoms with Gasteiger partial charge in [0.1, 0.15) is 6.07 Å². The average molecular weight is 390 g/mol. The van der Waals surface area contributed by atoms with Gasteiger partial charge in [-0.3, -0.25) is 4.98 Å². The fraction of sp³-hybridized carbons (Fsp3) is 0.368. The van der Waals surface area contributed by atoms with E-state index in [1.807, 2.05) is 18.2 Å². The molecule has 7 heteroatoms. The molecule has 0 N–H and O–H groups in total. The number of aromatic nitrogens is 1. The molecule has 5 nitrogen and oxygen atoms in total. The molecule has 136 valence electrons. The van der Waals surface area contributed by atoms with Crippen molar-refractivity contribution in [1.82, 2.24) is 9.29 Å². The zero-order valence-corrected chi connectivity index (χ0v) is 16.3. The first-order chi connectivity index (χ1) is 12.4. The number of benzene rings is 1. The van der Waals surface area contributed by atoms with Crippen LogP contribution in [0.15, 0.2) is 36.7 Å². The second-order valence-corrected chi connectivity index (χ2v) is 9.24. The molecule has 1 aliphatic carbocycles. The van der Waals surface area contributed by atoms with E-state index in [-0.39, 0.29) is 11.8 Å². The molecule has 1 aromatic heterocycles. The third kappa shape index (κ3) is 3.75. The van der Waals surface area contributed by atoms with E-state index in [2.05, 4.69) is 4.98 Å². The minimum atomic E-state index is -3.30. The fourth-order valence-electron chi connectivity index (χ4n) is 3.13. The second kappa shape index (κ2) is 7.36. The summed E-state index contributed by atoms with van der Waals surface area (Å²) in [6, 6.07) is 9.04. The topological polar surface area (TPSA) is 74.1 Å². The lowest BCUT2D eigenvalue weighted by Gasteiger charge is -2.27. The summed E-state index contributed by atoms with van der Waals surface area (Å²) < 4.78 is 26.2. The lowest BCUT2D eigenvalue weighted by Crippen LogP contribution is -2.33. The molecule has 1 atom stereocenters. The number of rotatable bonds is 6. The van der Waals surface area contributed by atoms with Crippen LogP contribution in [0.4, 0.5) is 0 Å². The summed E-state index contributed by atoms with van der Waals surface area (Å²) in [4.78, 5) is 4.33. The van der Waals surface area contributed by atoms with Gasteiger partial charge < -0.3 is 0 Å². The maximum absolute atomic E-state index is 12.4. The standard InChI is InChI=1S/C19H20ClN3O2S/c1-3-26(24,25)23(2)19(13-4-5-13)17-8-16(11-22-12-17)14-6-7-15(10-21)18(20)9-14/h6-9,11-13,19H,3-5H2,1-2H3. The number of hydrogen-bond donors (Lipinski definition) is 0. The fourth-order valence-corrected chi connectivity index (χ4v) is 4.40. The van der Waals surface area contributed by atoms with Crippen LogP contribution in [0.5, 0.6) is 0 Å². The maximum atomic E-state index is 12.4. The third-order valence-electron chi connectivity index (χ3n) is 4.79. The van der Waals surface area contributed by atoms with Gasteiger partial charge in [-0.25, -0.2) is 8.42 Å². The number of halogens is 1. The van der Waals surface area contributed by atoms with Crippen molar-refractivity contribution < 1.29 is 8.42 Å². The van der Waals surface area contributed by atoms with E-state index in [9.17, 15) is 8.42 Å². The predicted molar refractivity (Wildman–Crippen MR) is 102 cm³/mol. The minimum Gasteiger partial charge on any atom is -0.264 e. The molecular weight excluding hydrogens is 370 g/mol. The van der Waals surface area contributed by atoms with Gasteiger partial charge in [0.05, 0.1) is 22.4 Å². The number of pyridine rings is 1. The van der Waals surface area contributed by atoms with E-state index in [0.717, 1.165) is 29.5 Å². The summed E-state index contributed by atoms with van der Waals surface area (Å²) in [6.45, 7) is 1.66. The highest BCUT2D eigenvalue weighted by atomic mass is 35.5. The Balaban J connectivity index is 2.00. The van der Waals surface area contributed by atoms with Crippen LogP contribution in [0, 0.1) is 17.2 Å². The van der Waals surface area contributed by atoms with Crippen molar-refractivity contribution >= 4 is 21.6 Å². The van der Waals surface area contributed by atoms with Gasteiger partial charge in [0.15, 0.2) is 0 Å². The van der Waals surface area contributed by atoms with Gasteiger partial charge in [0, 0.05) is 25.0 Å². The normalized spacial score (nSPS) is 15.7. The van der Waals surface area contributed by atoms with Crippen molar-refractivity contribution in [3.05, 3.63) is 52.8 Å².